The lowest BCUT2D eigenvalue weighted by molar-refractivity contribution is 0.100. The van der Waals surface area contributed by atoms with Crippen molar-refractivity contribution in [2.45, 2.75) is 25.7 Å². The third-order valence-corrected chi connectivity index (χ3v) is 5.33. The molecule has 1 amide bonds. The highest BCUT2D eigenvalue weighted by Crippen LogP contribution is 2.39. The third-order valence-electron chi connectivity index (χ3n) is 3.60. The van der Waals surface area contributed by atoms with Crippen LogP contribution in [0.15, 0.2) is 33.7 Å². The maximum absolute atomic E-state index is 11.8. The van der Waals surface area contributed by atoms with Crippen LogP contribution in [0, 0.1) is 0 Å². The van der Waals surface area contributed by atoms with Crippen LogP contribution in [0.1, 0.15) is 39.2 Å². The van der Waals surface area contributed by atoms with E-state index in [4.69, 9.17) is 5.73 Å². The number of amides is 1. The Kier molecular flexibility index (Phi) is 4.22. The number of aliphatic imine (C=N–C) groups is 1. The molecule has 0 unspecified atom stereocenters. The number of fused-ring (bicyclic) bond motifs is 1. The normalized spacial score (nSPS) is 14.3. The second kappa shape index (κ2) is 6.12. The Labute approximate surface area is 136 Å². The fourth-order valence-corrected chi connectivity index (χ4v) is 4.08. The number of halogens is 1. The monoisotopic (exact) mass is 362 g/mol. The van der Waals surface area contributed by atoms with Gasteiger partial charge in [0.1, 0.15) is 5.00 Å². The summed E-state index contributed by atoms with van der Waals surface area (Å²) in [5, 5.41) is 0.748. The van der Waals surface area contributed by atoms with Crippen molar-refractivity contribution < 1.29 is 4.79 Å². The summed E-state index contributed by atoms with van der Waals surface area (Å²) in [7, 11) is 0. The lowest BCUT2D eigenvalue weighted by atomic mass is 9.95. The predicted octanol–water partition coefficient (Wildman–Crippen LogP) is 4.24. The number of nitrogens with two attached hydrogens (primary N) is 1. The quantitative estimate of drug-likeness (QED) is 0.815. The fourth-order valence-electron chi connectivity index (χ4n) is 2.58. The second-order valence-corrected chi connectivity index (χ2v) is 7.06. The summed E-state index contributed by atoms with van der Waals surface area (Å²) in [6.45, 7) is 0. The number of hydrogen-bond donors (Lipinski definition) is 1. The Balaban J connectivity index is 1.96. The minimum absolute atomic E-state index is 0.364. The van der Waals surface area contributed by atoms with E-state index in [1.165, 1.54) is 11.3 Å². The topological polar surface area (TPSA) is 55.5 Å². The van der Waals surface area contributed by atoms with E-state index in [2.05, 4.69) is 20.9 Å². The molecule has 108 valence electrons. The highest BCUT2D eigenvalue weighted by Gasteiger charge is 2.23. The van der Waals surface area contributed by atoms with E-state index in [-0.39, 0.29) is 5.91 Å². The van der Waals surface area contributed by atoms with Crippen molar-refractivity contribution in [3.05, 3.63) is 50.3 Å². The van der Waals surface area contributed by atoms with Crippen LogP contribution in [0.25, 0.3) is 0 Å². The minimum Gasteiger partial charge on any atom is -0.365 e. The molecule has 1 aromatic carbocycles. The summed E-state index contributed by atoms with van der Waals surface area (Å²) in [6, 6.07) is 7.89. The third kappa shape index (κ3) is 3.09. The van der Waals surface area contributed by atoms with Crippen LogP contribution in [0.3, 0.4) is 0 Å². The van der Waals surface area contributed by atoms with Crippen molar-refractivity contribution in [2.24, 2.45) is 10.7 Å². The number of aryl methyl sites for hydroxylation is 1. The number of carbonyl (C=O) groups excluding carboxylic acids is 1. The summed E-state index contributed by atoms with van der Waals surface area (Å²) in [4.78, 5) is 17.5. The van der Waals surface area contributed by atoms with E-state index >= 15 is 0 Å². The van der Waals surface area contributed by atoms with Gasteiger partial charge in [0.05, 0.1) is 5.56 Å². The zero-order chi connectivity index (χ0) is 14.8. The van der Waals surface area contributed by atoms with E-state index in [9.17, 15) is 4.79 Å². The zero-order valence-corrected chi connectivity index (χ0v) is 13.8. The maximum atomic E-state index is 11.8. The fraction of sp³-hybridized carbons (Fsp3) is 0.250. The van der Waals surface area contributed by atoms with Crippen LogP contribution in [-0.4, -0.2) is 12.1 Å². The van der Waals surface area contributed by atoms with Crippen molar-refractivity contribution in [1.29, 1.82) is 0 Å². The molecule has 1 heterocycles. The molecule has 2 aromatic rings. The lowest BCUT2D eigenvalue weighted by Crippen LogP contribution is -2.14. The summed E-state index contributed by atoms with van der Waals surface area (Å²) < 4.78 is 1.03. The van der Waals surface area contributed by atoms with Crippen LogP contribution >= 0.6 is 27.3 Å². The Bertz CT molecular complexity index is 704. The first-order chi connectivity index (χ1) is 10.1. The first-order valence-corrected chi connectivity index (χ1v) is 8.50. The number of rotatable bonds is 3. The smallest absolute Gasteiger partial charge is 0.252 e. The first-order valence-electron chi connectivity index (χ1n) is 6.89. The summed E-state index contributed by atoms with van der Waals surface area (Å²) in [5.74, 6) is -0.364. The van der Waals surface area contributed by atoms with Gasteiger partial charge in [-0.2, -0.15) is 0 Å². The second-order valence-electron chi connectivity index (χ2n) is 5.07. The standard InChI is InChI=1S/C16H15BrN2OS/c17-11-7-5-10(6-8-11)9-19-16-14(15(18)20)12-3-1-2-4-13(12)21-16/h5-9H,1-4H2,(H2,18,20). The molecule has 0 fully saturated rings. The van der Waals surface area contributed by atoms with E-state index in [0.29, 0.717) is 5.56 Å². The predicted molar refractivity (Wildman–Crippen MR) is 90.9 cm³/mol. The number of nitrogens with zero attached hydrogens (tertiary/aromatic N) is 1. The van der Waals surface area contributed by atoms with Crippen molar-refractivity contribution in [3.8, 4) is 0 Å². The number of carbonyl (C=O) groups is 1. The number of primary amides is 1. The maximum Gasteiger partial charge on any atom is 0.252 e. The molecule has 5 heteroatoms. The molecule has 0 radical (unpaired) electrons. The van der Waals surface area contributed by atoms with Crippen LogP contribution < -0.4 is 5.73 Å². The summed E-state index contributed by atoms with van der Waals surface area (Å²) in [6.07, 6.45) is 6.07. The molecule has 0 aliphatic heterocycles. The molecule has 0 saturated heterocycles. The molecule has 3 nitrogen and oxygen atoms in total. The lowest BCUT2D eigenvalue weighted by Gasteiger charge is -2.10. The van der Waals surface area contributed by atoms with Gasteiger partial charge in [-0.05, 0) is 48.9 Å². The highest BCUT2D eigenvalue weighted by atomic mass is 79.9. The van der Waals surface area contributed by atoms with Crippen molar-refractivity contribution in [2.75, 3.05) is 0 Å². The Morgan fingerprint density at radius 3 is 2.67 bits per heavy atom. The van der Waals surface area contributed by atoms with Crippen molar-refractivity contribution >= 4 is 44.4 Å². The van der Waals surface area contributed by atoms with Gasteiger partial charge in [0, 0.05) is 15.6 Å². The molecule has 1 aromatic heterocycles. The van der Waals surface area contributed by atoms with Gasteiger partial charge in [-0.25, -0.2) is 4.99 Å². The molecule has 1 aliphatic rings. The largest absolute Gasteiger partial charge is 0.365 e. The first kappa shape index (κ1) is 14.5. The molecule has 1 aliphatic carbocycles. The van der Waals surface area contributed by atoms with Crippen molar-refractivity contribution in [1.82, 2.24) is 0 Å². The average molecular weight is 363 g/mol. The van der Waals surface area contributed by atoms with Crippen LogP contribution in [0.5, 0.6) is 0 Å². The molecule has 3 rings (SSSR count). The highest BCUT2D eigenvalue weighted by molar-refractivity contribution is 9.10. The van der Waals surface area contributed by atoms with Gasteiger partial charge in [-0.3, -0.25) is 4.79 Å². The van der Waals surface area contributed by atoms with E-state index in [1.54, 1.807) is 17.6 Å². The molecular weight excluding hydrogens is 348 g/mol. The van der Waals surface area contributed by atoms with Gasteiger partial charge in [-0.15, -0.1) is 11.3 Å². The minimum atomic E-state index is -0.364. The Morgan fingerprint density at radius 2 is 1.95 bits per heavy atom. The van der Waals surface area contributed by atoms with Gasteiger partial charge >= 0.3 is 0 Å². The van der Waals surface area contributed by atoms with E-state index < -0.39 is 0 Å². The number of thiophene rings is 1. The summed E-state index contributed by atoms with van der Waals surface area (Å²) >= 11 is 5.01. The number of hydrogen-bond acceptors (Lipinski definition) is 3. The van der Waals surface area contributed by atoms with Gasteiger partial charge in [-0.1, -0.05) is 28.1 Å². The SMILES string of the molecule is NC(=O)c1c(N=Cc2ccc(Br)cc2)sc2c1CCCC2. The van der Waals surface area contributed by atoms with Gasteiger partial charge < -0.3 is 5.73 Å². The molecule has 0 atom stereocenters. The van der Waals surface area contributed by atoms with Crippen molar-refractivity contribution in [3.63, 3.8) is 0 Å². The molecular formula is C16H15BrN2OS. The molecule has 0 bridgehead atoms. The van der Waals surface area contributed by atoms with Gasteiger partial charge in [0.25, 0.3) is 5.91 Å². The summed E-state index contributed by atoms with van der Waals surface area (Å²) in [5.41, 5.74) is 8.31. The van der Waals surface area contributed by atoms with Crippen LogP contribution in [0.2, 0.25) is 0 Å². The zero-order valence-electron chi connectivity index (χ0n) is 11.4. The molecule has 2 N–H and O–H groups in total. The van der Waals surface area contributed by atoms with Gasteiger partial charge in [0.2, 0.25) is 0 Å². The van der Waals surface area contributed by atoms with Crippen LogP contribution in [-0.2, 0) is 12.8 Å². The van der Waals surface area contributed by atoms with E-state index in [0.717, 1.165) is 39.9 Å². The Morgan fingerprint density at radius 1 is 1.24 bits per heavy atom. The Hall–Kier alpha value is -1.46. The molecule has 0 saturated carbocycles. The van der Waals surface area contributed by atoms with Gasteiger partial charge in [0.15, 0.2) is 0 Å². The van der Waals surface area contributed by atoms with E-state index in [1.807, 2.05) is 24.3 Å². The number of benzene rings is 1. The van der Waals surface area contributed by atoms with Crippen LogP contribution in [0.4, 0.5) is 5.00 Å². The molecule has 21 heavy (non-hydrogen) atoms. The average Bonchev–Trinajstić information content (AvgIpc) is 2.85. The molecule has 0 spiro atoms.